The van der Waals surface area contributed by atoms with Gasteiger partial charge in [0.15, 0.2) is 0 Å². The summed E-state index contributed by atoms with van der Waals surface area (Å²) in [6.45, 7) is 3.23. The number of likely N-dealkylation sites (tertiary alicyclic amines) is 1. The van der Waals surface area contributed by atoms with E-state index in [4.69, 9.17) is 9.84 Å². The van der Waals surface area contributed by atoms with Crippen molar-refractivity contribution in [2.24, 2.45) is 11.3 Å². The molecule has 2 unspecified atom stereocenters. The highest BCUT2D eigenvalue weighted by Crippen LogP contribution is 2.59. The topological polar surface area (TPSA) is 66.8 Å². The van der Waals surface area contributed by atoms with Crippen molar-refractivity contribution in [3.63, 3.8) is 0 Å². The highest BCUT2D eigenvalue weighted by Gasteiger charge is 2.59. The number of aliphatic carboxylic acids is 1. The molecule has 2 aliphatic carbocycles. The number of ether oxygens (including phenoxy) is 1. The van der Waals surface area contributed by atoms with Crippen LogP contribution in [0.5, 0.6) is 0 Å². The van der Waals surface area contributed by atoms with Crippen LogP contribution in [0.3, 0.4) is 0 Å². The van der Waals surface area contributed by atoms with Crippen LogP contribution in [0.1, 0.15) is 64.7 Å². The van der Waals surface area contributed by atoms with Crippen molar-refractivity contribution < 1.29 is 19.4 Å². The molecule has 1 amide bonds. The summed E-state index contributed by atoms with van der Waals surface area (Å²) in [7, 11) is 0. The lowest BCUT2D eigenvalue weighted by Gasteiger charge is -2.34. The third kappa shape index (κ3) is 3.70. The van der Waals surface area contributed by atoms with E-state index in [2.05, 4.69) is 0 Å². The Morgan fingerprint density at radius 1 is 1.13 bits per heavy atom. The van der Waals surface area contributed by atoms with Gasteiger partial charge in [-0.1, -0.05) is 25.7 Å². The van der Waals surface area contributed by atoms with E-state index >= 15 is 0 Å². The zero-order valence-electron chi connectivity index (χ0n) is 14.1. The summed E-state index contributed by atoms with van der Waals surface area (Å²) in [6.07, 6.45) is 9.40. The molecule has 1 spiro atoms. The van der Waals surface area contributed by atoms with Crippen molar-refractivity contribution in [2.45, 2.75) is 76.9 Å². The molecular formula is C18H29NO4. The Hall–Kier alpha value is -1.10. The molecule has 130 valence electrons. The zero-order valence-corrected chi connectivity index (χ0v) is 14.1. The summed E-state index contributed by atoms with van der Waals surface area (Å²) < 4.78 is 6.03. The number of hydrogen-bond acceptors (Lipinski definition) is 3. The third-order valence-electron chi connectivity index (χ3n) is 6.11. The molecule has 2 saturated carbocycles. The van der Waals surface area contributed by atoms with Gasteiger partial charge < -0.3 is 14.7 Å². The van der Waals surface area contributed by atoms with Gasteiger partial charge in [-0.05, 0) is 44.4 Å². The maximum absolute atomic E-state index is 12.6. The van der Waals surface area contributed by atoms with Crippen molar-refractivity contribution in [3.8, 4) is 0 Å². The lowest BCUT2D eigenvalue weighted by atomic mass is 9.90. The monoisotopic (exact) mass is 323 g/mol. The molecule has 2 atom stereocenters. The maximum atomic E-state index is 12.6. The number of hydrogen-bond donors (Lipinski definition) is 1. The van der Waals surface area contributed by atoms with Gasteiger partial charge in [0, 0.05) is 13.1 Å². The number of carbonyl (C=O) groups excluding carboxylic acids is 1. The number of amides is 1. The molecule has 23 heavy (non-hydrogen) atoms. The molecule has 1 aliphatic heterocycles. The second-order valence-corrected chi connectivity index (χ2v) is 7.67. The van der Waals surface area contributed by atoms with Crippen molar-refractivity contribution in [2.75, 3.05) is 13.1 Å². The van der Waals surface area contributed by atoms with Crippen LogP contribution < -0.4 is 0 Å². The number of carboxylic acid groups (broad SMARTS) is 1. The van der Waals surface area contributed by atoms with Gasteiger partial charge >= 0.3 is 5.97 Å². The average molecular weight is 323 g/mol. The number of carboxylic acids is 1. The summed E-state index contributed by atoms with van der Waals surface area (Å²) in [5, 5.41) is 9.14. The zero-order chi connectivity index (χ0) is 16.4. The molecule has 0 aromatic heterocycles. The van der Waals surface area contributed by atoms with Gasteiger partial charge in [-0.2, -0.15) is 0 Å². The van der Waals surface area contributed by atoms with Crippen molar-refractivity contribution in [1.82, 2.24) is 4.90 Å². The number of nitrogens with zero attached hydrogens (tertiary/aromatic N) is 1. The number of piperidine rings is 1. The second kappa shape index (κ2) is 6.80. The average Bonchev–Trinajstić information content (AvgIpc) is 3.28. The largest absolute Gasteiger partial charge is 0.481 e. The molecule has 3 rings (SSSR count). The first-order chi connectivity index (χ1) is 11.0. The van der Waals surface area contributed by atoms with Crippen molar-refractivity contribution in [1.29, 1.82) is 0 Å². The van der Waals surface area contributed by atoms with Crippen LogP contribution in [0.4, 0.5) is 0 Å². The number of rotatable bonds is 4. The Bertz CT molecular complexity index is 448. The lowest BCUT2D eigenvalue weighted by molar-refractivity contribution is -0.148. The van der Waals surface area contributed by atoms with Crippen molar-refractivity contribution in [3.05, 3.63) is 0 Å². The molecule has 3 fully saturated rings. The van der Waals surface area contributed by atoms with Crippen LogP contribution in [0.25, 0.3) is 0 Å². The highest BCUT2D eigenvalue weighted by molar-refractivity contribution is 5.81. The van der Waals surface area contributed by atoms with Crippen LogP contribution in [-0.4, -0.2) is 47.2 Å². The minimum atomic E-state index is -0.671. The molecule has 0 aromatic carbocycles. The minimum absolute atomic E-state index is 0.0198. The van der Waals surface area contributed by atoms with Gasteiger partial charge in [0.25, 0.3) is 5.91 Å². The Labute approximate surface area is 138 Å². The van der Waals surface area contributed by atoms with Crippen LogP contribution in [0, 0.1) is 11.3 Å². The summed E-state index contributed by atoms with van der Waals surface area (Å²) in [6, 6.07) is 0. The first kappa shape index (κ1) is 16.7. The predicted molar refractivity (Wildman–Crippen MR) is 86.0 cm³/mol. The highest BCUT2D eigenvalue weighted by atomic mass is 16.5. The smallest absolute Gasteiger partial charge is 0.307 e. The summed E-state index contributed by atoms with van der Waals surface area (Å²) in [4.78, 5) is 25.6. The van der Waals surface area contributed by atoms with Gasteiger partial charge in [-0.25, -0.2) is 0 Å². The Morgan fingerprint density at radius 2 is 1.74 bits per heavy atom. The Kier molecular flexibility index (Phi) is 4.95. The molecule has 1 heterocycles. The number of carbonyl (C=O) groups is 2. The molecule has 1 saturated heterocycles. The van der Waals surface area contributed by atoms with E-state index in [1.54, 1.807) is 0 Å². The fourth-order valence-electron chi connectivity index (χ4n) is 4.40. The second-order valence-electron chi connectivity index (χ2n) is 7.67. The van der Waals surface area contributed by atoms with Gasteiger partial charge in [0.1, 0.15) is 6.10 Å². The molecular weight excluding hydrogens is 294 g/mol. The van der Waals surface area contributed by atoms with Gasteiger partial charge in [-0.3, -0.25) is 9.59 Å². The lowest BCUT2D eigenvalue weighted by Crippen LogP contribution is -2.45. The molecule has 0 bridgehead atoms. The third-order valence-corrected chi connectivity index (χ3v) is 6.11. The molecule has 5 nitrogen and oxygen atoms in total. The van der Waals surface area contributed by atoms with Crippen LogP contribution >= 0.6 is 0 Å². The fourth-order valence-corrected chi connectivity index (χ4v) is 4.40. The Balaban J connectivity index is 1.46. The van der Waals surface area contributed by atoms with Gasteiger partial charge in [-0.15, -0.1) is 0 Å². The molecule has 3 aliphatic rings. The molecule has 1 N–H and O–H groups in total. The Morgan fingerprint density at radius 3 is 2.26 bits per heavy atom. The van der Waals surface area contributed by atoms with Crippen LogP contribution in [-0.2, 0) is 14.3 Å². The van der Waals surface area contributed by atoms with E-state index in [0.29, 0.717) is 13.1 Å². The molecule has 0 radical (unpaired) electrons. The fraction of sp³-hybridized carbons (Fsp3) is 0.889. The van der Waals surface area contributed by atoms with Gasteiger partial charge in [0.2, 0.25) is 0 Å². The van der Waals surface area contributed by atoms with Crippen molar-refractivity contribution >= 4 is 11.9 Å². The normalized spacial score (nSPS) is 29.1. The molecule has 0 aromatic rings. The van der Waals surface area contributed by atoms with Crippen LogP contribution in [0.15, 0.2) is 0 Å². The van der Waals surface area contributed by atoms with E-state index in [1.165, 1.54) is 25.7 Å². The maximum Gasteiger partial charge on any atom is 0.307 e. The predicted octanol–water partition coefficient (Wildman–Crippen LogP) is 2.83. The minimum Gasteiger partial charge on any atom is -0.481 e. The SMILES string of the molecule is CC(OC1CCCCCC1)C(=O)N1CCC2(CC1)CC2C(=O)O. The first-order valence-corrected chi connectivity index (χ1v) is 9.19. The molecule has 5 heteroatoms. The van der Waals surface area contributed by atoms with E-state index in [1.807, 2.05) is 11.8 Å². The standard InChI is InChI=1S/C18H29NO4/c1-13(23-14-6-4-2-3-5-7-14)16(20)19-10-8-18(9-11-19)12-15(18)17(21)22/h13-15H,2-12H2,1H3,(H,21,22). The van der Waals surface area contributed by atoms with Gasteiger partial charge in [0.05, 0.1) is 12.0 Å². The van der Waals surface area contributed by atoms with E-state index < -0.39 is 5.97 Å². The van der Waals surface area contributed by atoms with Crippen LogP contribution in [0.2, 0.25) is 0 Å². The summed E-state index contributed by atoms with van der Waals surface area (Å²) >= 11 is 0. The van der Waals surface area contributed by atoms with E-state index in [0.717, 1.165) is 32.1 Å². The first-order valence-electron chi connectivity index (χ1n) is 9.19. The summed E-state index contributed by atoms with van der Waals surface area (Å²) in [5.74, 6) is -0.772. The quantitative estimate of drug-likeness (QED) is 0.808. The van der Waals surface area contributed by atoms with E-state index in [9.17, 15) is 9.59 Å². The van der Waals surface area contributed by atoms with E-state index in [-0.39, 0.29) is 29.4 Å². The summed E-state index contributed by atoms with van der Waals surface area (Å²) in [5.41, 5.74) is -0.0198.